The number of nitrogens with zero attached hydrogens (tertiary/aromatic N) is 3. The first kappa shape index (κ1) is 20.9. The van der Waals surface area contributed by atoms with Gasteiger partial charge < -0.3 is 14.8 Å². The summed E-state index contributed by atoms with van der Waals surface area (Å²) >= 11 is 6.58. The lowest BCUT2D eigenvalue weighted by molar-refractivity contribution is 0.104. The Hall–Kier alpha value is -2.80. The molecule has 3 rings (SSSR count). The van der Waals surface area contributed by atoms with Crippen molar-refractivity contribution in [1.82, 2.24) is 14.8 Å². The number of unbranched alkanes of at least 4 members (excludes halogenated alkanes) is 1. The van der Waals surface area contributed by atoms with Crippen molar-refractivity contribution in [1.29, 1.82) is 0 Å². The normalized spacial score (nSPS) is 12.0. The van der Waals surface area contributed by atoms with Crippen LogP contribution in [0, 0.1) is 0 Å². The molecule has 0 aliphatic heterocycles. The highest BCUT2D eigenvalue weighted by Gasteiger charge is 2.19. The monoisotopic (exact) mass is 416 g/mol. The number of hydrogen-bond donors (Lipinski definition) is 1. The molecule has 1 atom stereocenters. The summed E-state index contributed by atoms with van der Waals surface area (Å²) in [6.07, 6.45) is 4.49. The number of hydrogen-bond acceptors (Lipinski definition) is 6. The van der Waals surface area contributed by atoms with Crippen LogP contribution in [-0.4, -0.2) is 34.1 Å². The summed E-state index contributed by atoms with van der Waals surface area (Å²) in [5, 5.41) is 8.33. The lowest BCUT2D eigenvalue weighted by atomic mass is 10.1. The van der Waals surface area contributed by atoms with E-state index in [0.29, 0.717) is 23.6 Å². The van der Waals surface area contributed by atoms with Crippen LogP contribution in [0.2, 0.25) is 0 Å². The van der Waals surface area contributed by atoms with Crippen molar-refractivity contribution in [3.63, 3.8) is 0 Å². The minimum absolute atomic E-state index is 0.238. The van der Waals surface area contributed by atoms with Crippen LogP contribution in [0.25, 0.3) is 11.0 Å². The maximum absolute atomic E-state index is 11.8. The first-order chi connectivity index (χ1) is 14.1. The zero-order chi connectivity index (χ0) is 20.6. The molecule has 0 bridgehead atoms. The van der Waals surface area contributed by atoms with Gasteiger partial charge in [-0.2, -0.15) is 5.10 Å². The minimum atomic E-state index is -0.760. The molecule has 154 valence electrons. The topological polar surface area (TPSA) is 78.3 Å². The van der Waals surface area contributed by atoms with Crippen LogP contribution in [0.15, 0.2) is 42.7 Å². The third kappa shape index (κ3) is 5.17. The Morgan fingerprint density at radius 1 is 1.24 bits per heavy atom. The number of carbonyl (C=O) groups is 1. The standard InChI is InChI=1S/C21H25ClN4O3/c1-3-5-11-23-19-16-12-25-26(14-17(22)15-9-7-6-8-10-15)20(16)24-13-18(19)29-21(27)28-4-2/h6-10,12-13,17H,3-5,11,14H2,1-2H3,(H,23,24). The van der Waals surface area contributed by atoms with Crippen molar-refractivity contribution < 1.29 is 14.3 Å². The van der Waals surface area contributed by atoms with Crippen LogP contribution in [-0.2, 0) is 11.3 Å². The van der Waals surface area contributed by atoms with Gasteiger partial charge in [-0.15, -0.1) is 11.6 Å². The van der Waals surface area contributed by atoms with Gasteiger partial charge in [-0.05, 0) is 18.9 Å². The number of aromatic nitrogens is 3. The van der Waals surface area contributed by atoms with E-state index in [2.05, 4.69) is 22.3 Å². The Kier molecular flexibility index (Phi) is 7.30. The molecule has 2 heterocycles. The van der Waals surface area contributed by atoms with Gasteiger partial charge in [0.1, 0.15) is 0 Å². The number of carbonyl (C=O) groups excluding carboxylic acids is 1. The molecule has 7 nitrogen and oxygen atoms in total. The van der Waals surface area contributed by atoms with E-state index in [1.165, 1.54) is 6.20 Å². The SMILES string of the molecule is CCCCNc1c(OC(=O)OCC)cnc2c1cnn2CC(Cl)c1ccccc1. The smallest absolute Gasteiger partial charge is 0.434 e. The Labute approximate surface area is 175 Å². The zero-order valence-electron chi connectivity index (χ0n) is 16.6. The number of ether oxygens (including phenoxy) is 2. The fourth-order valence-electron chi connectivity index (χ4n) is 2.95. The van der Waals surface area contributed by atoms with Gasteiger partial charge >= 0.3 is 6.16 Å². The number of alkyl halides is 1. The van der Waals surface area contributed by atoms with E-state index in [9.17, 15) is 4.79 Å². The molecule has 0 saturated carbocycles. The largest absolute Gasteiger partial charge is 0.513 e. The number of rotatable bonds is 9. The molecule has 8 heteroatoms. The Balaban J connectivity index is 1.90. The molecule has 0 aliphatic rings. The molecule has 3 aromatic rings. The average molecular weight is 417 g/mol. The van der Waals surface area contributed by atoms with E-state index in [4.69, 9.17) is 21.1 Å². The van der Waals surface area contributed by atoms with E-state index >= 15 is 0 Å². The van der Waals surface area contributed by atoms with Crippen LogP contribution >= 0.6 is 11.6 Å². The number of nitrogens with one attached hydrogen (secondary N) is 1. The summed E-state index contributed by atoms with van der Waals surface area (Å²) in [6, 6.07) is 9.84. The summed E-state index contributed by atoms with van der Waals surface area (Å²) in [5.74, 6) is 0.317. The summed E-state index contributed by atoms with van der Waals surface area (Å²) < 4.78 is 12.0. The second kappa shape index (κ2) is 10.1. The summed E-state index contributed by atoms with van der Waals surface area (Å²) in [4.78, 5) is 16.3. The van der Waals surface area contributed by atoms with Gasteiger partial charge in [-0.25, -0.2) is 14.5 Å². The van der Waals surface area contributed by atoms with Crippen LogP contribution in [0.5, 0.6) is 5.75 Å². The second-order valence-corrected chi connectivity index (χ2v) is 7.03. The van der Waals surface area contributed by atoms with Gasteiger partial charge in [0.05, 0.1) is 42.0 Å². The zero-order valence-corrected chi connectivity index (χ0v) is 17.4. The van der Waals surface area contributed by atoms with Gasteiger partial charge in [0.15, 0.2) is 11.4 Å². The molecule has 0 radical (unpaired) electrons. The van der Waals surface area contributed by atoms with Crippen molar-refractivity contribution >= 4 is 34.5 Å². The fraction of sp³-hybridized carbons (Fsp3) is 0.381. The molecule has 0 spiro atoms. The molecular formula is C21H25ClN4O3. The van der Waals surface area contributed by atoms with Crippen LogP contribution in [0.1, 0.15) is 37.6 Å². The van der Waals surface area contributed by atoms with Crippen molar-refractivity contribution in [3.8, 4) is 5.75 Å². The number of halogens is 1. The van der Waals surface area contributed by atoms with Crippen LogP contribution < -0.4 is 10.1 Å². The van der Waals surface area contributed by atoms with E-state index in [1.54, 1.807) is 17.8 Å². The van der Waals surface area contributed by atoms with E-state index in [1.807, 2.05) is 30.3 Å². The number of fused-ring (bicyclic) bond motifs is 1. The third-order valence-electron chi connectivity index (χ3n) is 4.41. The van der Waals surface area contributed by atoms with Crippen molar-refractivity contribution in [2.75, 3.05) is 18.5 Å². The molecule has 0 amide bonds. The van der Waals surface area contributed by atoms with Gasteiger partial charge in [-0.1, -0.05) is 43.7 Å². The van der Waals surface area contributed by atoms with Crippen molar-refractivity contribution in [2.24, 2.45) is 0 Å². The lowest BCUT2D eigenvalue weighted by Gasteiger charge is -2.14. The summed E-state index contributed by atoms with van der Waals surface area (Å²) in [7, 11) is 0. The quantitative estimate of drug-likeness (QED) is 0.295. The molecule has 0 fully saturated rings. The summed E-state index contributed by atoms with van der Waals surface area (Å²) in [6.45, 7) is 5.28. The Bertz CT molecular complexity index is 946. The first-order valence-electron chi connectivity index (χ1n) is 9.76. The highest BCUT2D eigenvalue weighted by Crippen LogP contribution is 2.33. The van der Waals surface area contributed by atoms with Crippen molar-refractivity contribution in [2.45, 2.75) is 38.6 Å². The molecule has 29 heavy (non-hydrogen) atoms. The molecule has 0 aliphatic carbocycles. The van der Waals surface area contributed by atoms with Crippen LogP contribution in [0.3, 0.4) is 0 Å². The molecule has 1 unspecified atom stereocenters. The summed E-state index contributed by atoms with van der Waals surface area (Å²) in [5.41, 5.74) is 2.36. The second-order valence-electron chi connectivity index (χ2n) is 6.51. The third-order valence-corrected chi connectivity index (χ3v) is 4.80. The number of benzene rings is 1. The highest BCUT2D eigenvalue weighted by atomic mass is 35.5. The fourth-order valence-corrected chi connectivity index (χ4v) is 3.22. The molecular weight excluding hydrogens is 392 g/mol. The van der Waals surface area contributed by atoms with E-state index < -0.39 is 6.16 Å². The van der Waals surface area contributed by atoms with E-state index in [-0.39, 0.29) is 12.0 Å². The maximum atomic E-state index is 11.8. The predicted octanol–water partition coefficient (Wildman–Crippen LogP) is 5.16. The van der Waals surface area contributed by atoms with E-state index in [0.717, 1.165) is 30.3 Å². The average Bonchev–Trinajstić information content (AvgIpc) is 3.13. The van der Waals surface area contributed by atoms with Crippen LogP contribution in [0.4, 0.5) is 10.5 Å². The molecule has 1 aromatic carbocycles. The first-order valence-corrected chi connectivity index (χ1v) is 10.2. The number of anilines is 1. The van der Waals surface area contributed by atoms with Gasteiger partial charge in [-0.3, -0.25) is 0 Å². The highest BCUT2D eigenvalue weighted by molar-refractivity contribution is 6.20. The minimum Gasteiger partial charge on any atom is -0.434 e. The number of pyridine rings is 1. The maximum Gasteiger partial charge on any atom is 0.513 e. The lowest BCUT2D eigenvalue weighted by Crippen LogP contribution is -2.13. The predicted molar refractivity (Wildman–Crippen MR) is 114 cm³/mol. The Morgan fingerprint density at radius 3 is 2.76 bits per heavy atom. The molecule has 0 saturated heterocycles. The van der Waals surface area contributed by atoms with Gasteiger partial charge in [0.25, 0.3) is 0 Å². The molecule has 2 aromatic heterocycles. The van der Waals surface area contributed by atoms with Crippen molar-refractivity contribution in [3.05, 3.63) is 48.3 Å². The van der Waals surface area contributed by atoms with Gasteiger partial charge in [0.2, 0.25) is 0 Å². The molecule has 1 N–H and O–H groups in total. The van der Waals surface area contributed by atoms with Gasteiger partial charge in [0, 0.05) is 6.54 Å². The Morgan fingerprint density at radius 2 is 2.03 bits per heavy atom.